The van der Waals surface area contributed by atoms with E-state index in [1.54, 1.807) is 0 Å². The van der Waals surface area contributed by atoms with Gasteiger partial charge in [-0.15, -0.1) is 0 Å². The van der Waals surface area contributed by atoms with Crippen LogP contribution in [0.25, 0.3) is 0 Å². The number of hydrogen-bond donors (Lipinski definition) is 1. The monoisotopic (exact) mass is 266 g/mol. The van der Waals surface area contributed by atoms with Crippen LogP contribution in [0.4, 0.5) is 5.69 Å². The van der Waals surface area contributed by atoms with Gasteiger partial charge in [-0.25, -0.2) is 0 Å². The lowest BCUT2D eigenvalue weighted by molar-refractivity contribution is 0.603. The van der Waals surface area contributed by atoms with E-state index in [1.165, 1.54) is 23.2 Å². The molecule has 0 amide bonds. The molecule has 0 saturated carbocycles. The Hall–Kier alpha value is -1.80. The van der Waals surface area contributed by atoms with E-state index in [9.17, 15) is 0 Å². The van der Waals surface area contributed by atoms with Gasteiger partial charge in [0.2, 0.25) is 0 Å². The molecule has 0 saturated heterocycles. The zero-order chi connectivity index (χ0) is 13.8. The number of nitrogens with two attached hydrogens (primary N) is 1. The molecule has 0 aliphatic carbocycles. The minimum absolute atomic E-state index is 0.161. The minimum atomic E-state index is 0.161. The van der Waals surface area contributed by atoms with Crippen molar-refractivity contribution in [3.63, 3.8) is 0 Å². The Bertz CT molecular complexity index is 550. The van der Waals surface area contributed by atoms with Crippen LogP contribution in [0, 0.1) is 0 Å². The van der Waals surface area contributed by atoms with E-state index in [0.29, 0.717) is 0 Å². The average Bonchev–Trinajstić information content (AvgIpc) is 2.92. The molecule has 1 aliphatic heterocycles. The molecule has 2 heteroatoms. The van der Waals surface area contributed by atoms with Crippen LogP contribution in [0.5, 0.6) is 0 Å². The Morgan fingerprint density at radius 2 is 1.75 bits per heavy atom. The molecule has 0 bridgehead atoms. The molecule has 1 aliphatic rings. The molecule has 0 radical (unpaired) electrons. The highest BCUT2D eigenvalue weighted by Gasteiger charge is 2.17. The molecule has 104 valence electrons. The van der Waals surface area contributed by atoms with E-state index in [2.05, 4.69) is 53.4 Å². The van der Waals surface area contributed by atoms with Gasteiger partial charge in [0.1, 0.15) is 0 Å². The molecule has 2 N–H and O–H groups in total. The predicted molar refractivity (Wildman–Crippen MR) is 85.0 cm³/mol. The summed E-state index contributed by atoms with van der Waals surface area (Å²) in [5.41, 5.74) is 10.4. The van der Waals surface area contributed by atoms with Gasteiger partial charge in [0.05, 0.1) is 0 Å². The third-order valence-electron chi connectivity index (χ3n) is 4.15. The Morgan fingerprint density at radius 3 is 2.60 bits per heavy atom. The molecule has 1 heterocycles. The topological polar surface area (TPSA) is 29.3 Å². The molecule has 0 aromatic heterocycles. The van der Waals surface area contributed by atoms with Gasteiger partial charge in [-0.1, -0.05) is 48.5 Å². The smallest absolute Gasteiger partial charge is 0.0399 e. The fourth-order valence-corrected chi connectivity index (χ4v) is 3.01. The number of fused-ring (bicyclic) bond motifs is 1. The third-order valence-corrected chi connectivity index (χ3v) is 4.15. The van der Waals surface area contributed by atoms with Crippen molar-refractivity contribution in [2.75, 3.05) is 18.0 Å². The highest BCUT2D eigenvalue weighted by Crippen LogP contribution is 2.28. The van der Waals surface area contributed by atoms with Crippen molar-refractivity contribution < 1.29 is 0 Å². The molecule has 2 aromatic carbocycles. The molecular formula is C18H22N2. The van der Waals surface area contributed by atoms with Crippen molar-refractivity contribution in [3.05, 3.63) is 65.7 Å². The van der Waals surface area contributed by atoms with E-state index in [-0.39, 0.29) is 6.04 Å². The standard InChI is InChI=1S/C18H22N2/c19-17(15-7-2-1-3-8-15)10-6-13-20-14-12-16-9-4-5-11-18(16)20/h1-5,7-9,11,17H,6,10,12-14,19H2. The lowest BCUT2D eigenvalue weighted by Crippen LogP contribution is -2.23. The van der Waals surface area contributed by atoms with Crippen molar-refractivity contribution in [3.8, 4) is 0 Å². The van der Waals surface area contributed by atoms with Gasteiger partial charge < -0.3 is 10.6 Å². The van der Waals surface area contributed by atoms with Crippen LogP contribution >= 0.6 is 0 Å². The summed E-state index contributed by atoms with van der Waals surface area (Å²) < 4.78 is 0. The number of anilines is 1. The zero-order valence-corrected chi connectivity index (χ0v) is 11.8. The molecule has 0 spiro atoms. The van der Waals surface area contributed by atoms with Gasteiger partial charge in [0, 0.05) is 24.8 Å². The number of nitrogens with zero attached hydrogens (tertiary/aromatic N) is 1. The van der Waals surface area contributed by atoms with Crippen molar-refractivity contribution in [1.29, 1.82) is 0 Å². The Labute approximate surface area is 121 Å². The van der Waals surface area contributed by atoms with Crippen molar-refractivity contribution in [1.82, 2.24) is 0 Å². The Morgan fingerprint density at radius 1 is 1.00 bits per heavy atom. The van der Waals surface area contributed by atoms with Crippen molar-refractivity contribution >= 4 is 5.69 Å². The fourth-order valence-electron chi connectivity index (χ4n) is 3.01. The maximum Gasteiger partial charge on any atom is 0.0399 e. The van der Waals surface area contributed by atoms with Gasteiger partial charge in [0.15, 0.2) is 0 Å². The molecule has 20 heavy (non-hydrogen) atoms. The summed E-state index contributed by atoms with van der Waals surface area (Å²) in [4.78, 5) is 2.49. The lowest BCUT2D eigenvalue weighted by atomic mass is 10.0. The number of rotatable bonds is 5. The van der Waals surface area contributed by atoms with Gasteiger partial charge in [-0.2, -0.15) is 0 Å². The second-order valence-corrected chi connectivity index (χ2v) is 5.53. The molecule has 1 unspecified atom stereocenters. The van der Waals surface area contributed by atoms with Crippen LogP contribution in [-0.2, 0) is 6.42 Å². The largest absolute Gasteiger partial charge is 0.371 e. The molecule has 3 rings (SSSR count). The van der Waals surface area contributed by atoms with Crippen molar-refractivity contribution in [2.24, 2.45) is 5.73 Å². The third kappa shape index (κ3) is 2.86. The molecule has 1 atom stereocenters. The molecular weight excluding hydrogens is 244 g/mol. The molecule has 2 nitrogen and oxygen atoms in total. The summed E-state index contributed by atoms with van der Waals surface area (Å²) in [5, 5.41) is 0. The van der Waals surface area contributed by atoms with E-state index < -0.39 is 0 Å². The van der Waals surface area contributed by atoms with Crippen LogP contribution < -0.4 is 10.6 Å². The summed E-state index contributed by atoms with van der Waals surface area (Å²) in [6.45, 7) is 2.26. The van der Waals surface area contributed by atoms with Crippen LogP contribution in [0.1, 0.15) is 30.0 Å². The zero-order valence-electron chi connectivity index (χ0n) is 11.8. The Kier molecular flexibility index (Phi) is 4.03. The highest BCUT2D eigenvalue weighted by atomic mass is 15.1. The molecule has 2 aromatic rings. The summed E-state index contributed by atoms with van der Waals surface area (Å²) in [6.07, 6.45) is 3.37. The molecule has 0 fully saturated rings. The maximum absolute atomic E-state index is 6.26. The summed E-state index contributed by atoms with van der Waals surface area (Å²) in [6, 6.07) is 19.3. The van der Waals surface area contributed by atoms with Crippen LogP contribution in [0.2, 0.25) is 0 Å². The summed E-state index contributed by atoms with van der Waals surface area (Å²) >= 11 is 0. The van der Waals surface area contributed by atoms with Crippen LogP contribution in [0.3, 0.4) is 0 Å². The minimum Gasteiger partial charge on any atom is -0.371 e. The van der Waals surface area contributed by atoms with Gasteiger partial charge in [-0.05, 0) is 36.5 Å². The first-order valence-corrected chi connectivity index (χ1v) is 7.48. The van der Waals surface area contributed by atoms with E-state index in [4.69, 9.17) is 5.73 Å². The summed E-state index contributed by atoms with van der Waals surface area (Å²) in [7, 11) is 0. The average molecular weight is 266 g/mol. The lowest BCUT2D eigenvalue weighted by Gasteiger charge is -2.20. The predicted octanol–water partition coefficient (Wildman–Crippen LogP) is 3.53. The second-order valence-electron chi connectivity index (χ2n) is 5.53. The number of hydrogen-bond acceptors (Lipinski definition) is 2. The number of para-hydroxylation sites is 1. The quantitative estimate of drug-likeness (QED) is 0.897. The van der Waals surface area contributed by atoms with Crippen LogP contribution in [0.15, 0.2) is 54.6 Å². The number of benzene rings is 2. The second kappa shape index (κ2) is 6.10. The van der Waals surface area contributed by atoms with Crippen molar-refractivity contribution in [2.45, 2.75) is 25.3 Å². The van der Waals surface area contributed by atoms with E-state index in [1.807, 2.05) is 6.07 Å². The van der Waals surface area contributed by atoms with Gasteiger partial charge in [0.25, 0.3) is 0 Å². The first kappa shape index (κ1) is 13.2. The van der Waals surface area contributed by atoms with E-state index in [0.717, 1.165) is 25.9 Å². The van der Waals surface area contributed by atoms with Crippen LogP contribution in [-0.4, -0.2) is 13.1 Å². The highest BCUT2D eigenvalue weighted by molar-refractivity contribution is 5.57. The van der Waals surface area contributed by atoms with E-state index >= 15 is 0 Å². The first-order chi connectivity index (χ1) is 9.84. The SMILES string of the molecule is NC(CCCN1CCc2ccccc21)c1ccccc1. The van der Waals surface area contributed by atoms with Gasteiger partial charge >= 0.3 is 0 Å². The first-order valence-electron chi connectivity index (χ1n) is 7.48. The summed E-state index contributed by atoms with van der Waals surface area (Å²) in [5.74, 6) is 0. The fraction of sp³-hybridized carbons (Fsp3) is 0.333. The van der Waals surface area contributed by atoms with Gasteiger partial charge in [-0.3, -0.25) is 0 Å². The normalized spacial score (nSPS) is 15.2. The Balaban J connectivity index is 1.52. The maximum atomic E-state index is 6.26.